The van der Waals surface area contributed by atoms with E-state index in [1.165, 1.54) is 12.1 Å². The first-order chi connectivity index (χ1) is 12.5. The summed E-state index contributed by atoms with van der Waals surface area (Å²) in [6.07, 6.45) is 1.73. The summed E-state index contributed by atoms with van der Waals surface area (Å²) >= 11 is 0. The van der Waals surface area contributed by atoms with Gasteiger partial charge >= 0.3 is 0 Å². The molecule has 0 atom stereocenters. The van der Waals surface area contributed by atoms with Crippen LogP contribution in [0, 0.1) is 21.4 Å². The first-order valence-corrected chi connectivity index (χ1v) is 8.33. The van der Waals surface area contributed by atoms with E-state index in [1.54, 1.807) is 25.3 Å². The van der Waals surface area contributed by atoms with Gasteiger partial charge in [0.05, 0.1) is 23.7 Å². The number of allylic oxidation sites excluding steroid dienone is 1. The van der Waals surface area contributed by atoms with Crippen molar-refractivity contribution in [2.75, 3.05) is 25.1 Å². The van der Waals surface area contributed by atoms with Gasteiger partial charge < -0.3 is 9.64 Å². The average molecular weight is 351 g/mol. The van der Waals surface area contributed by atoms with Crippen molar-refractivity contribution in [2.45, 2.75) is 13.8 Å². The first-order valence-electron chi connectivity index (χ1n) is 8.33. The van der Waals surface area contributed by atoms with Crippen molar-refractivity contribution in [3.63, 3.8) is 0 Å². The van der Waals surface area contributed by atoms with Gasteiger partial charge in [-0.25, -0.2) is 0 Å². The van der Waals surface area contributed by atoms with Crippen molar-refractivity contribution in [3.8, 4) is 11.8 Å². The van der Waals surface area contributed by atoms with Gasteiger partial charge in [-0.15, -0.1) is 0 Å². The van der Waals surface area contributed by atoms with Crippen LogP contribution < -0.4 is 9.64 Å². The van der Waals surface area contributed by atoms with E-state index in [2.05, 4.69) is 24.8 Å². The molecule has 0 saturated carbocycles. The van der Waals surface area contributed by atoms with Gasteiger partial charge in [-0.3, -0.25) is 10.1 Å². The summed E-state index contributed by atoms with van der Waals surface area (Å²) in [4.78, 5) is 12.5. The lowest BCUT2D eigenvalue weighted by atomic mass is 10.0. The number of benzene rings is 2. The molecule has 0 radical (unpaired) electrons. The standard InChI is InChI=1S/C20H21N3O3/c1-4-22(5-2)19-11-8-16(20(13-19)26-3)12-17(14-21)15-6-9-18(10-7-15)23(24)25/h6-13H,4-5H2,1-3H3/b17-12-. The van der Waals surface area contributed by atoms with Gasteiger partial charge in [0.1, 0.15) is 5.75 Å². The molecule has 2 aromatic carbocycles. The van der Waals surface area contributed by atoms with Crippen LogP contribution in [-0.2, 0) is 0 Å². The molecule has 0 aliphatic carbocycles. The molecule has 0 N–H and O–H groups in total. The maximum atomic E-state index is 10.8. The Balaban J connectivity index is 2.42. The Morgan fingerprint density at radius 3 is 2.38 bits per heavy atom. The van der Waals surface area contributed by atoms with Crippen molar-refractivity contribution in [1.29, 1.82) is 5.26 Å². The van der Waals surface area contributed by atoms with Gasteiger partial charge in [0, 0.05) is 42.5 Å². The Hall–Kier alpha value is -3.33. The lowest BCUT2D eigenvalue weighted by Crippen LogP contribution is -2.21. The summed E-state index contributed by atoms with van der Waals surface area (Å²) in [6, 6.07) is 13.9. The van der Waals surface area contributed by atoms with E-state index in [0.29, 0.717) is 16.9 Å². The van der Waals surface area contributed by atoms with Gasteiger partial charge in [0.15, 0.2) is 0 Å². The zero-order valence-electron chi connectivity index (χ0n) is 15.1. The highest BCUT2D eigenvalue weighted by Gasteiger charge is 2.10. The van der Waals surface area contributed by atoms with Crippen LogP contribution in [0.25, 0.3) is 11.6 Å². The van der Waals surface area contributed by atoms with Gasteiger partial charge in [0.2, 0.25) is 0 Å². The molecule has 0 aliphatic heterocycles. The maximum Gasteiger partial charge on any atom is 0.269 e. The van der Waals surface area contributed by atoms with Gasteiger partial charge in [0.25, 0.3) is 5.69 Å². The zero-order valence-corrected chi connectivity index (χ0v) is 15.1. The lowest BCUT2D eigenvalue weighted by Gasteiger charge is -2.22. The monoisotopic (exact) mass is 351 g/mol. The van der Waals surface area contributed by atoms with Crippen LogP contribution in [-0.4, -0.2) is 25.1 Å². The molecule has 0 aromatic heterocycles. The minimum absolute atomic E-state index is 0.00723. The Bertz CT molecular complexity index is 848. The van der Waals surface area contributed by atoms with E-state index in [-0.39, 0.29) is 5.69 Å². The zero-order chi connectivity index (χ0) is 19.1. The van der Waals surface area contributed by atoms with E-state index in [4.69, 9.17) is 4.74 Å². The largest absolute Gasteiger partial charge is 0.496 e. The third kappa shape index (κ3) is 4.19. The molecular weight excluding hydrogens is 330 g/mol. The second-order valence-corrected chi connectivity index (χ2v) is 5.57. The van der Waals surface area contributed by atoms with Crippen LogP contribution in [0.3, 0.4) is 0 Å². The molecule has 26 heavy (non-hydrogen) atoms. The second kappa shape index (κ2) is 8.67. The number of nitro groups is 1. The van der Waals surface area contributed by atoms with Crippen molar-refractivity contribution >= 4 is 23.0 Å². The highest BCUT2D eigenvalue weighted by Crippen LogP contribution is 2.29. The number of nitrogens with zero attached hydrogens (tertiary/aromatic N) is 3. The number of ether oxygens (including phenoxy) is 1. The fourth-order valence-electron chi connectivity index (χ4n) is 2.70. The summed E-state index contributed by atoms with van der Waals surface area (Å²) in [5.41, 5.74) is 2.85. The maximum absolute atomic E-state index is 10.8. The molecular formula is C20H21N3O3. The summed E-state index contributed by atoms with van der Waals surface area (Å²) in [5.74, 6) is 0.670. The molecule has 2 rings (SSSR count). The SMILES string of the molecule is CCN(CC)c1ccc(/C=C(/C#N)c2ccc([N+](=O)[O-])cc2)c(OC)c1. The van der Waals surface area contributed by atoms with Gasteiger partial charge in [-0.1, -0.05) is 0 Å². The number of rotatable bonds is 7. The first kappa shape index (κ1) is 19.0. The molecule has 134 valence electrons. The fraction of sp³-hybridized carbons (Fsp3) is 0.250. The van der Waals surface area contributed by atoms with E-state index in [1.807, 2.05) is 18.2 Å². The van der Waals surface area contributed by atoms with Crippen molar-refractivity contribution in [2.24, 2.45) is 0 Å². The molecule has 0 spiro atoms. The highest BCUT2D eigenvalue weighted by molar-refractivity contribution is 5.91. The number of nitriles is 1. The third-order valence-electron chi connectivity index (χ3n) is 4.16. The van der Waals surface area contributed by atoms with E-state index >= 15 is 0 Å². The fourth-order valence-corrected chi connectivity index (χ4v) is 2.70. The van der Waals surface area contributed by atoms with Crippen LogP contribution in [0.4, 0.5) is 11.4 Å². The van der Waals surface area contributed by atoms with Crippen LogP contribution in [0.2, 0.25) is 0 Å². The molecule has 0 fully saturated rings. The molecule has 0 aliphatic rings. The Morgan fingerprint density at radius 2 is 1.88 bits per heavy atom. The topological polar surface area (TPSA) is 79.4 Å². The molecule has 6 heteroatoms. The van der Waals surface area contributed by atoms with Crippen molar-refractivity contribution in [1.82, 2.24) is 0 Å². The van der Waals surface area contributed by atoms with E-state index < -0.39 is 4.92 Å². The van der Waals surface area contributed by atoms with Crippen molar-refractivity contribution < 1.29 is 9.66 Å². The third-order valence-corrected chi connectivity index (χ3v) is 4.16. The lowest BCUT2D eigenvalue weighted by molar-refractivity contribution is -0.384. The van der Waals surface area contributed by atoms with Crippen LogP contribution in [0.5, 0.6) is 5.75 Å². The van der Waals surface area contributed by atoms with Crippen LogP contribution in [0.15, 0.2) is 42.5 Å². The Labute approximate surface area is 153 Å². The summed E-state index contributed by atoms with van der Waals surface area (Å²) in [7, 11) is 1.59. The number of nitro benzene ring substituents is 1. The number of non-ortho nitro benzene ring substituents is 1. The molecule has 2 aromatic rings. The molecule has 0 unspecified atom stereocenters. The predicted octanol–water partition coefficient (Wildman–Crippen LogP) is 4.51. The van der Waals surface area contributed by atoms with Gasteiger partial charge in [-0.05, 0) is 49.8 Å². The van der Waals surface area contributed by atoms with E-state index in [9.17, 15) is 15.4 Å². The molecule has 6 nitrogen and oxygen atoms in total. The Kier molecular flexibility index (Phi) is 6.34. The Morgan fingerprint density at radius 1 is 1.23 bits per heavy atom. The highest BCUT2D eigenvalue weighted by atomic mass is 16.6. The normalized spacial score (nSPS) is 10.9. The summed E-state index contributed by atoms with van der Waals surface area (Å²) in [6.45, 7) is 5.96. The molecule has 0 saturated heterocycles. The molecule has 0 heterocycles. The number of anilines is 1. The number of methoxy groups -OCH3 is 1. The number of hydrogen-bond donors (Lipinski definition) is 0. The quantitative estimate of drug-likeness (QED) is 0.317. The van der Waals surface area contributed by atoms with Gasteiger partial charge in [-0.2, -0.15) is 5.26 Å². The smallest absolute Gasteiger partial charge is 0.269 e. The van der Waals surface area contributed by atoms with Crippen molar-refractivity contribution in [3.05, 3.63) is 63.7 Å². The summed E-state index contributed by atoms with van der Waals surface area (Å²) in [5, 5.41) is 20.3. The van der Waals surface area contributed by atoms with E-state index in [0.717, 1.165) is 24.3 Å². The van der Waals surface area contributed by atoms with Crippen LogP contribution in [0.1, 0.15) is 25.0 Å². The minimum atomic E-state index is -0.464. The number of hydrogen-bond acceptors (Lipinski definition) is 5. The average Bonchev–Trinajstić information content (AvgIpc) is 2.67. The molecule has 0 amide bonds. The summed E-state index contributed by atoms with van der Waals surface area (Å²) < 4.78 is 5.49. The van der Waals surface area contributed by atoms with Crippen LogP contribution >= 0.6 is 0 Å². The molecule has 0 bridgehead atoms. The second-order valence-electron chi connectivity index (χ2n) is 5.57. The minimum Gasteiger partial charge on any atom is -0.496 e. The predicted molar refractivity (Wildman–Crippen MR) is 103 cm³/mol.